The van der Waals surface area contributed by atoms with E-state index >= 15 is 0 Å². The molecule has 0 aliphatic heterocycles. The maximum atomic E-state index is 13.1. The third-order valence-electron chi connectivity index (χ3n) is 5.03. The number of ketones is 1. The zero-order chi connectivity index (χ0) is 25.2. The number of nitrogens with zero attached hydrogens (tertiary/aromatic N) is 3. The fourth-order valence-corrected chi connectivity index (χ4v) is 3.56. The lowest BCUT2D eigenvalue weighted by atomic mass is 10.1. The van der Waals surface area contributed by atoms with Crippen LogP contribution < -0.4 is 5.32 Å². The van der Waals surface area contributed by atoms with Crippen molar-refractivity contribution in [3.8, 4) is 0 Å². The van der Waals surface area contributed by atoms with Crippen LogP contribution in [0.2, 0.25) is 5.02 Å². The number of halogens is 4. The standard InChI is InChI=1S/C22H20ClF3N4O4/c1-12-19(13(2)29(3)28-12)20(32)21(33)30(10-15-5-4-8-34-15)11-18(31)27-14-6-7-17(23)16(9-14)22(24,25)26/h4-9H,10-11H2,1-3H3,(H,27,31). The minimum atomic E-state index is -4.72. The van der Waals surface area contributed by atoms with Crippen molar-refractivity contribution in [2.75, 3.05) is 11.9 Å². The Bertz CT molecular complexity index is 1240. The largest absolute Gasteiger partial charge is 0.467 e. The van der Waals surface area contributed by atoms with Crippen LogP contribution in [-0.4, -0.2) is 38.8 Å². The van der Waals surface area contributed by atoms with Gasteiger partial charge in [-0.05, 0) is 44.2 Å². The number of Topliss-reactive ketones (excluding diaryl/α,β-unsaturated/α-hetero) is 1. The number of aromatic nitrogens is 2. The van der Waals surface area contributed by atoms with Gasteiger partial charge in [0.15, 0.2) is 0 Å². The molecule has 1 aromatic carbocycles. The van der Waals surface area contributed by atoms with Gasteiger partial charge in [-0.2, -0.15) is 18.3 Å². The number of alkyl halides is 3. The van der Waals surface area contributed by atoms with Crippen LogP contribution in [0.25, 0.3) is 0 Å². The molecule has 8 nitrogen and oxygen atoms in total. The molecule has 0 atom stereocenters. The number of anilines is 1. The average molecular weight is 497 g/mol. The second-order valence-corrected chi connectivity index (χ2v) is 7.89. The molecule has 0 unspecified atom stereocenters. The normalized spacial score (nSPS) is 11.4. The molecule has 2 heterocycles. The number of rotatable bonds is 7. The summed E-state index contributed by atoms with van der Waals surface area (Å²) in [5.41, 5.74) is -0.351. The lowest BCUT2D eigenvalue weighted by Crippen LogP contribution is -2.41. The Morgan fingerprint density at radius 1 is 1.21 bits per heavy atom. The van der Waals surface area contributed by atoms with E-state index in [-0.39, 0.29) is 17.8 Å². The minimum absolute atomic E-state index is 0.116. The minimum Gasteiger partial charge on any atom is -0.467 e. The maximum Gasteiger partial charge on any atom is 0.417 e. The monoisotopic (exact) mass is 496 g/mol. The van der Waals surface area contributed by atoms with Crippen molar-refractivity contribution < 1.29 is 32.0 Å². The number of carbonyl (C=O) groups excluding carboxylic acids is 3. The molecule has 0 spiro atoms. The first-order valence-electron chi connectivity index (χ1n) is 9.91. The zero-order valence-corrected chi connectivity index (χ0v) is 19.1. The van der Waals surface area contributed by atoms with Crippen LogP contribution in [0.1, 0.15) is 33.1 Å². The van der Waals surface area contributed by atoms with Gasteiger partial charge < -0.3 is 14.6 Å². The summed E-state index contributed by atoms with van der Waals surface area (Å²) in [6.07, 6.45) is -3.35. The van der Waals surface area contributed by atoms with Crippen LogP contribution in [0.3, 0.4) is 0 Å². The molecular formula is C22H20ClF3N4O4. The quantitative estimate of drug-likeness (QED) is 0.391. The van der Waals surface area contributed by atoms with Gasteiger partial charge in [0.2, 0.25) is 5.91 Å². The van der Waals surface area contributed by atoms with Gasteiger partial charge in [0.1, 0.15) is 12.3 Å². The van der Waals surface area contributed by atoms with E-state index in [0.29, 0.717) is 23.2 Å². The van der Waals surface area contributed by atoms with E-state index < -0.39 is 40.9 Å². The fraction of sp³-hybridized carbons (Fsp3) is 0.273. The van der Waals surface area contributed by atoms with Crippen LogP contribution in [0.5, 0.6) is 0 Å². The zero-order valence-electron chi connectivity index (χ0n) is 18.4. The first-order valence-corrected chi connectivity index (χ1v) is 10.3. The topological polar surface area (TPSA) is 97.4 Å². The molecule has 0 fully saturated rings. The van der Waals surface area contributed by atoms with Gasteiger partial charge in [0.05, 0.1) is 34.7 Å². The highest BCUT2D eigenvalue weighted by atomic mass is 35.5. The van der Waals surface area contributed by atoms with Gasteiger partial charge in [-0.15, -0.1) is 0 Å². The first kappa shape index (κ1) is 25.0. The number of benzene rings is 1. The maximum absolute atomic E-state index is 13.1. The molecule has 2 amide bonds. The summed E-state index contributed by atoms with van der Waals surface area (Å²) in [5.74, 6) is -2.37. The van der Waals surface area contributed by atoms with Crippen molar-refractivity contribution in [1.29, 1.82) is 0 Å². The Kier molecular flexibility index (Phi) is 7.15. The van der Waals surface area contributed by atoms with Gasteiger partial charge in [-0.25, -0.2) is 0 Å². The highest BCUT2D eigenvalue weighted by Gasteiger charge is 2.34. The second kappa shape index (κ2) is 9.72. The van der Waals surface area contributed by atoms with Crippen molar-refractivity contribution in [1.82, 2.24) is 14.7 Å². The summed E-state index contributed by atoms with van der Waals surface area (Å²) in [6.45, 7) is 2.38. The van der Waals surface area contributed by atoms with E-state index in [0.717, 1.165) is 11.0 Å². The Labute approximate surface area is 197 Å². The summed E-state index contributed by atoms with van der Waals surface area (Å²) in [4.78, 5) is 39.6. The molecule has 0 aliphatic rings. The van der Waals surface area contributed by atoms with Gasteiger partial charge in [0, 0.05) is 18.4 Å². The highest BCUT2D eigenvalue weighted by molar-refractivity contribution is 6.43. The Morgan fingerprint density at radius 3 is 2.47 bits per heavy atom. The van der Waals surface area contributed by atoms with E-state index in [1.807, 2.05) is 0 Å². The van der Waals surface area contributed by atoms with Crippen molar-refractivity contribution in [2.45, 2.75) is 26.6 Å². The molecule has 34 heavy (non-hydrogen) atoms. The predicted molar refractivity (Wildman–Crippen MR) is 116 cm³/mol. The molecule has 180 valence electrons. The Balaban J connectivity index is 1.83. The van der Waals surface area contributed by atoms with Crippen LogP contribution in [0.4, 0.5) is 18.9 Å². The van der Waals surface area contributed by atoms with Gasteiger partial charge in [-0.3, -0.25) is 19.1 Å². The number of furan rings is 1. The van der Waals surface area contributed by atoms with Gasteiger partial charge in [-0.1, -0.05) is 11.6 Å². The summed E-state index contributed by atoms with van der Waals surface area (Å²) in [7, 11) is 1.62. The number of nitrogens with one attached hydrogen (secondary N) is 1. The molecule has 3 rings (SSSR count). The number of aryl methyl sites for hydroxylation is 2. The molecular weight excluding hydrogens is 477 g/mol. The van der Waals surface area contributed by atoms with Crippen molar-refractivity contribution in [3.63, 3.8) is 0 Å². The average Bonchev–Trinajstić information content (AvgIpc) is 3.34. The molecule has 2 aromatic heterocycles. The third-order valence-corrected chi connectivity index (χ3v) is 5.36. The van der Waals surface area contributed by atoms with E-state index in [1.54, 1.807) is 33.0 Å². The number of hydrogen-bond donors (Lipinski definition) is 1. The SMILES string of the molecule is Cc1nn(C)c(C)c1C(=O)C(=O)N(CC(=O)Nc1ccc(Cl)c(C(F)(F)F)c1)Cc1ccco1. The van der Waals surface area contributed by atoms with Crippen molar-refractivity contribution in [2.24, 2.45) is 7.05 Å². The molecule has 12 heteroatoms. The van der Waals surface area contributed by atoms with Gasteiger partial charge >= 0.3 is 6.18 Å². The van der Waals surface area contributed by atoms with E-state index in [2.05, 4.69) is 10.4 Å². The van der Waals surface area contributed by atoms with Crippen molar-refractivity contribution >= 4 is 34.9 Å². The molecule has 0 bridgehead atoms. The first-order chi connectivity index (χ1) is 15.9. The van der Waals surface area contributed by atoms with Crippen molar-refractivity contribution in [3.05, 3.63) is 69.9 Å². The summed E-state index contributed by atoms with van der Waals surface area (Å²) >= 11 is 5.60. The highest BCUT2D eigenvalue weighted by Crippen LogP contribution is 2.36. The van der Waals surface area contributed by atoms with E-state index in [1.165, 1.54) is 17.0 Å². The number of carbonyl (C=O) groups is 3. The molecule has 0 aliphatic carbocycles. The lowest BCUT2D eigenvalue weighted by Gasteiger charge is -2.21. The van der Waals surface area contributed by atoms with Crippen LogP contribution >= 0.6 is 11.6 Å². The second-order valence-electron chi connectivity index (χ2n) is 7.48. The third kappa shape index (κ3) is 5.48. The number of hydrogen-bond acceptors (Lipinski definition) is 5. The van der Waals surface area contributed by atoms with Crippen LogP contribution in [0.15, 0.2) is 41.0 Å². The molecule has 0 radical (unpaired) electrons. The summed E-state index contributed by atoms with van der Waals surface area (Å²) in [6, 6.07) is 6.01. The van der Waals surface area contributed by atoms with Gasteiger partial charge in [0.25, 0.3) is 11.7 Å². The summed E-state index contributed by atoms with van der Waals surface area (Å²) in [5, 5.41) is 5.91. The van der Waals surface area contributed by atoms with Crippen LogP contribution in [0, 0.1) is 13.8 Å². The smallest absolute Gasteiger partial charge is 0.417 e. The molecule has 0 saturated carbocycles. The summed E-state index contributed by atoms with van der Waals surface area (Å²) < 4.78 is 46.0. The van der Waals surface area contributed by atoms with E-state index in [9.17, 15) is 27.6 Å². The van der Waals surface area contributed by atoms with E-state index in [4.69, 9.17) is 16.0 Å². The Hall–Kier alpha value is -3.60. The molecule has 3 aromatic rings. The lowest BCUT2D eigenvalue weighted by molar-refractivity contribution is -0.137. The fourth-order valence-electron chi connectivity index (χ4n) is 3.34. The molecule has 1 N–H and O–H groups in total. The predicted octanol–water partition coefficient (Wildman–Crippen LogP) is 4.15. The molecule has 0 saturated heterocycles. The van der Waals surface area contributed by atoms with Crippen LogP contribution in [-0.2, 0) is 29.4 Å². The number of amides is 2. The Morgan fingerprint density at radius 2 is 1.91 bits per heavy atom.